The Hall–Kier alpha value is -2.43. The predicted molar refractivity (Wildman–Crippen MR) is 170 cm³/mol. The van der Waals surface area contributed by atoms with E-state index in [0.717, 1.165) is 0 Å². The average molecular weight is 691 g/mol. The number of carbonyl (C=O) groups is 3. The molecule has 0 saturated carbocycles. The first-order valence-corrected chi connectivity index (χ1v) is 15.3. The number of alkyl halides is 2. The molecule has 0 bridgehead atoms. The van der Waals surface area contributed by atoms with E-state index >= 15 is 8.78 Å². The van der Waals surface area contributed by atoms with E-state index in [1.165, 1.54) is 53.3 Å². The molecule has 0 radical (unpaired) electrons. The molecule has 0 aliphatic carbocycles. The number of anilines is 2. The van der Waals surface area contributed by atoms with Crippen LogP contribution in [-0.2, 0) is 24.7 Å². The zero-order valence-electron chi connectivity index (χ0n) is 24.6. The van der Waals surface area contributed by atoms with Crippen LogP contribution in [0.25, 0.3) is 0 Å². The van der Waals surface area contributed by atoms with Crippen molar-refractivity contribution in [3.63, 3.8) is 0 Å². The van der Waals surface area contributed by atoms with Crippen molar-refractivity contribution in [2.24, 2.45) is 17.3 Å². The fourth-order valence-electron chi connectivity index (χ4n) is 6.43. The largest absolute Gasteiger partial charge is 0.461 e. The number of halogens is 6. The molecule has 2 aliphatic rings. The van der Waals surface area contributed by atoms with Crippen molar-refractivity contribution in [3.05, 3.63) is 68.6 Å². The molecule has 4 atom stereocenters. The van der Waals surface area contributed by atoms with Crippen molar-refractivity contribution in [3.8, 4) is 0 Å². The highest BCUT2D eigenvalue weighted by atomic mass is 35.5. The molecule has 1 amide bonds. The highest BCUT2D eigenvalue weighted by Crippen LogP contribution is 2.58. The average Bonchev–Trinajstić information content (AvgIpc) is 3.36. The maximum absolute atomic E-state index is 15.4. The zero-order valence-corrected chi connectivity index (χ0v) is 27.6. The fraction of sp³-hybridized carbons (Fsp3) is 0.452. The lowest BCUT2D eigenvalue weighted by molar-refractivity contribution is -0.156. The van der Waals surface area contributed by atoms with Gasteiger partial charge in [-0.2, -0.15) is 0 Å². The van der Waals surface area contributed by atoms with Gasteiger partial charge < -0.3 is 19.7 Å². The second-order valence-corrected chi connectivity index (χ2v) is 14.0. The standard InChI is InChI=1S/C31H33Cl4F2N3O4/c1-6-7-44-28(43)25-24(27(42)39(14-29(2,3)4)20-9-17(32)8-18(33)10-20)23-13-30(36,37)15-40(23)31(25,16-41)21-11-19(34)12-22(35)26(21)38-5/h6,8-12,16,23-25,38H,1,7,13-15H2,2-5H3/t23?,24-,25+,31-/m1/s1. The van der Waals surface area contributed by atoms with E-state index in [-0.39, 0.29) is 44.5 Å². The molecule has 7 nitrogen and oxygen atoms in total. The Kier molecular flexibility index (Phi) is 9.99. The van der Waals surface area contributed by atoms with Gasteiger partial charge in [-0.1, -0.05) is 79.8 Å². The molecule has 2 fully saturated rings. The molecule has 238 valence electrons. The van der Waals surface area contributed by atoms with Gasteiger partial charge in [-0.05, 0) is 35.7 Å². The number of aldehydes is 1. The summed E-state index contributed by atoms with van der Waals surface area (Å²) >= 11 is 25.5. The maximum Gasteiger partial charge on any atom is 0.312 e. The normalized spacial score (nSPS) is 24.5. The van der Waals surface area contributed by atoms with Crippen molar-refractivity contribution in [2.45, 2.75) is 44.7 Å². The molecular formula is C31H33Cl4F2N3O4. The van der Waals surface area contributed by atoms with Crippen LogP contribution in [0.5, 0.6) is 0 Å². The van der Waals surface area contributed by atoms with Gasteiger partial charge in [0.15, 0.2) is 0 Å². The van der Waals surface area contributed by atoms with Gasteiger partial charge in [-0.25, -0.2) is 8.78 Å². The fourth-order valence-corrected chi connectivity index (χ4v) is 7.53. The van der Waals surface area contributed by atoms with Gasteiger partial charge in [0.2, 0.25) is 5.91 Å². The summed E-state index contributed by atoms with van der Waals surface area (Å²) in [5.41, 5.74) is -2.04. The number of hydrogen-bond donors (Lipinski definition) is 1. The summed E-state index contributed by atoms with van der Waals surface area (Å²) in [4.78, 5) is 45.0. The number of nitrogens with zero attached hydrogens (tertiary/aromatic N) is 2. The third-order valence-electron chi connectivity index (χ3n) is 7.89. The van der Waals surface area contributed by atoms with Crippen molar-refractivity contribution < 1.29 is 27.9 Å². The zero-order chi connectivity index (χ0) is 32.8. The second kappa shape index (κ2) is 12.8. The minimum absolute atomic E-state index is 0.0687. The number of rotatable bonds is 9. The summed E-state index contributed by atoms with van der Waals surface area (Å²) in [5, 5.41) is 3.60. The van der Waals surface area contributed by atoms with Crippen molar-refractivity contribution in [1.29, 1.82) is 0 Å². The molecule has 2 saturated heterocycles. The summed E-state index contributed by atoms with van der Waals surface area (Å²) in [6.07, 6.45) is 0.964. The molecular weight excluding hydrogens is 658 g/mol. The van der Waals surface area contributed by atoms with Crippen LogP contribution in [-0.4, -0.2) is 61.8 Å². The molecule has 13 heteroatoms. The van der Waals surface area contributed by atoms with Crippen LogP contribution in [0.1, 0.15) is 32.8 Å². The number of amides is 1. The van der Waals surface area contributed by atoms with Crippen LogP contribution in [0, 0.1) is 17.3 Å². The molecule has 4 rings (SSSR count). The Morgan fingerprint density at radius 1 is 1.11 bits per heavy atom. The molecule has 0 spiro atoms. The first-order chi connectivity index (χ1) is 20.5. The molecule has 0 aromatic heterocycles. The Bertz CT molecular complexity index is 1460. The number of fused-ring (bicyclic) bond motifs is 1. The first kappa shape index (κ1) is 34.4. The Morgan fingerprint density at radius 2 is 1.73 bits per heavy atom. The SMILES string of the molecule is C=CCOC(=O)[C@@H]1[C@H](C(=O)N(CC(C)(C)C)c2cc(Cl)cc(Cl)c2)C2CC(F)(F)CN2[C@]1(C=O)c1cc(Cl)cc(Cl)c1NC. The van der Waals surface area contributed by atoms with E-state index in [2.05, 4.69) is 11.9 Å². The predicted octanol–water partition coefficient (Wildman–Crippen LogP) is 7.50. The summed E-state index contributed by atoms with van der Waals surface area (Å²) in [6.45, 7) is 8.22. The van der Waals surface area contributed by atoms with E-state index < -0.39 is 59.6 Å². The van der Waals surface area contributed by atoms with E-state index in [1.54, 1.807) is 0 Å². The summed E-state index contributed by atoms with van der Waals surface area (Å²) in [5.74, 6) is -7.94. The number of nitrogens with one attached hydrogen (secondary N) is 1. The molecule has 2 aliphatic heterocycles. The van der Waals surface area contributed by atoms with Gasteiger partial charge in [-0.15, -0.1) is 0 Å². The lowest BCUT2D eigenvalue weighted by Gasteiger charge is -2.39. The van der Waals surface area contributed by atoms with Crippen molar-refractivity contribution >= 4 is 75.9 Å². The molecule has 1 unspecified atom stereocenters. The Morgan fingerprint density at radius 3 is 2.27 bits per heavy atom. The van der Waals surface area contributed by atoms with E-state index in [0.29, 0.717) is 12.0 Å². The van der Waals surface area contributed by atoms with E-state index in [1.807, 2.05) is 20.8 Å². The Balaban J connectivity index is 2.04. The lowest BCUT2D eigenvalue weighted by Crippen LogP contribution is -2.52. The van der Waals surface area contributed by atoms with Crippen LogP contribution < -0.4 is 10.2 Å². The van der Waals surface area contributed by atoms with Gasteiger partial charge in [0.1, 0.15) is 18.4 Å². The molecule has 1 N–H and O–H groups in total. The number of hydrogen-bond acceptors (Lipinski definition) is 6. The van der Waals surface area contributed by atoms with Crippen molar-refractivity contribution in [2.75, 3.05) is 37.0 Å². The third kappa shape index (κ3) is 6.44. The van der Waals surface area contributed by atoms with E-state index in [9.17, 15) is 14.4 Å². The van der Waals surface area contributed by atoms with Gasteiger partial charge >= 0.3 is 5.97 Å². The maximum atomic E-state index is 15.4. The monoisotopic (exact) mass is 689 g/mol. The van der Waals surface area contributed by atoms with Gasteiger partial charge in [0.25, 0.3) is 5.92 Å². The summed E-state index contributed by atoms with van der Waals surface area (Å²) in [7, 11) is 1.53. The lowest BCUT2D eigenvalue weighted by atomic mass is 9.73. The van der Waals surface area contributed by atoms with Crippen LogP contribution in [0.4, 0.5) is 20.2 Å². The minimum Gasteiger partial charge on any atom is -0.461 e. The molecule has 44 heavy (non-hydrogen) atoms. The van der Waals surface area contributed by atoms with Crippen LogP contribution in [0.3, 0.4) is 0 Å². The minimum atomic E-state index is -3.29. The summed E-state index contributed by atoms with van der Waals surface area (Å²) in [6, 6.07) is 6.12. The molecule has 2 heterocycles. The van der Waals surface area contributed by atoms with Crippen LogP contribution in [0.15, 0.2) is 43.0 Å². The van der Waals surface area contributed by atoms with Gasteiger partial charge in [-0.3, -0.25) is 14.5 Å². The van der Waals surface area contributed by atoms with E-state index in [4.69, 9.17) is 51.1 Å². The summed E-state index contributed by atoms with van der Waals surface area (Å²) < 4.78 is 36.2. The number of carbonyl (C=O) groups excluding carboxylic acids is 3. The number of benzene rings is 2. The smallest absolute Gasteiger partial charge is 0.312 e. The second-order valence-electron chi connectivity index (χ2n) is 12.3. The van der Waals surface area contributed by atoms with Crippen LogP contribution >= 0.6 is 46.4 Å². The topological polar surface area (TPSA) is 79.0 Å². The molecule has 2 aromatic carbocycles. The highest BCUT2D eigenvalue weighted by molar-refractivity contribution is 6.37. The Labute approximate surface area is 275 Å². The number of ether oxygens (including phenoxy) is 1. The highest BCUT2D eigenvalue weighted by Gasteiger charge is 2.71. The van der Waals surface area contributed by atoms with Crippen molar-refractivity contribution in [1.82, 2.24) is 4.90 Å². The quantitative estimate of drug-likeness (QED) is 0.167. The van der Waals surface area contributed by atoms with Gasteiger partial charge in [0.05, 0.1) is 29.1 Å². The molecule has 2 aromatic rings. The number of esters is 1. The van der Waals surface area contributed by atoms with Crippen LogP contribution in [0.2, 0.25) is 20.1 Å². The third-order valence-corrected chi connectivity index (χ3v) is 8.84. The first-order valence-electron chi connectivity index (χ1n) is 13.8. The van der Waals surface area contributed by atoms with Gasteiger partial charge in [0, 0.05) is 52.4 Å².